The molecule has 1 aliphatic heterocycles. The van der Waals surface area contributed by atoms with E-state index in [2.05, 4.69) is 0 Å². The van der Waals surface area contributed by atoms with Crippen LogP contribution in [0.1, 0.15) is 46.9 Å². The van der Waals surface area contributed by atoms with Gasteiger partial charge in [-0.15, -0.1) is 0 Å². The normalized spacial score (nSPS) is 21.8. The van der Waals surface area contributed by atoms with Crippen molar-refractivity contribution in [2.45, 2.75) is 37.1 Å². The second-order valence-corrected chi connectivity index (χ2v) is 7.34. The molecule has 3 rings (SSSR count). The summed E-state index contributed by atoms with van der Waals surface area (Å²) < 4.78 is 26.1. The van der Waals surface area contributed by atoms with Crippen LogP contribution in [-0.4, -0.2) is 35.7 Å². The number of sulfonamides is 1. The predicted molar refractivity (Wildman–Crippen MR) is 73.6 cm³/mol. The maximum absolute atomic E-state index is 12.6. The largest absolute Gasteiger partial charge is 0.478 e. The number of rotatable bonds is 3. The number of carboxylic acid groups (broad SMARTS) is 1. The standard InChI is InChI=1S/C14H15NO5S/c1-8(9-3-2-4-9)15-13(16)11-6-5-10(14(17)18)7-12(11)21(15,19)20/h5-9H,2-4H2,1H3,(H,17,18). The van der Waals surface area contributed by atoms with Crippen molar-refractivity contribution in [2.24, 2.45) is 5.92 Å². The van der Waals surface area contributed by atoms with Gasteiger partial charge in [0.15, 0.2) is 0 Å². The van der Waals surface area contributed by atoms with Crippen LogP contribution in [0.2, 0.25) is 0 Å². The Balaban J connectivity index is 2.08. The molecular weight excluding hydrogens is 294 g/mol. The van der Waals surface area contributed by atoms with Gasteiger partial charge in [-0.3, -0.25) is 4.79 Å². The molecule has 1 aromatic carbocycles. The molecule has 1 aromatic rings. The molecule has 0 aromatic heterocycles. The molecule has 6 nitrogen and oxygen atoms in total. The minimum atomic E-state index is -3.95. The number of hydrogen-bond donors (Lipinski definition) is 1. The molecule has 1 heterocycles. The highest BCUT2D eigenvalue weighted by Crippen LogP contribution is 2.39. The highest BCUT2D eigenvalue weighted by Gasteiger charge is 2.46. The third-order valence-corrected chi connectivity index (χ3v) is 6.31. The van der Waals surface area contributed by atoms with Gasteiger partial charge in [-0.05, 0) is 43.9 Å². The van der Waals surface area contributed by atoms with Gasteiger partial charge in [0.25, 0.3) is 15.9 Å². The first kappa shape index (κ1) is 14.1. The Kier molecular flexibility index (Phi) is 3.05. The number of carboxylic acids is 1. The highest BCUT2D eigenvalue weighted by atomic mass is 32.2. The molecule has 1 fully saturated rings. The monoisotopic (exact) mass is 309 g/mol. The average molecular weight is 309 g/mol. The fourth-order valence-corrected chi connectivity index (χ4v) is 4.74. The second-order valence-electron chi connectivity index (χ2n) is 5.55. The zero-order valence-electron chi connectivity index (χ0n) is 11.4. The van der Waals surface area contributed by atoms with Gasteiger partial charge in [0.2, 0.25) is 0 Å². The molecule has 2 aliphatic rings. The minimum absolute atomic E-state index is 0.0613. The van der Waals surface area contributed by atoms with Crippen molar-refractivity contribution in [1.82, 2.24) is 4.31 Å². The van der Waals surface area contributed by atoms with Crippen LogP contribution in [0.5, 0.6) is 0 Å². The Bertz CT molecular complexity index is 736. The van der Waals surface area contributed by atoms with E-state index >= 15 is 0 Å². The topological polar surface area (TPSA) is 91.8 Å². The highest BCUT2D eigenvalue weighted by molar-refractivity contribution is 7.90. The van der Waals surface area contributed by atoms with Crippen molar-refractivity contribution in [2.75, 3.05) is 0 Å². The summed E-state index contributed by atoms with van der Waals surface area (Å²) >= 11 is 0. The lowest BCUT2D eigenvalue weighted by Gasteiger charge is -2.36. The molecule has 0 radical (unpaired) electrons. The van der Waals surface area contributed by atoms with Crippen molar-refractivity contribution >= 4 is 21.9 Å². The van der Waals surface area contributed by atoms with Crippen LogP contribution >= 0.6 is 0 Å². The molecule has 1 amide bonds. The van der Waals surface area contributed by atoms with Crippen LogP contribution in [0.15, 0.2) is 23.1 Å². The number of carbonyl (C=O) groups excluding carboxylic acids is 1. The molecule has 0 saturated heterocycles. The zero-order chi connectivity index (χ0) is 15.4. The molecule has 1 aliphatic carbocycles. The van der Waals surface area contributed by atoms with Gasteiger partial charge >= 0.3 is 5.97 Å². The van der Waals surface area contributed by atoms with E-state index in [4.69, 9.17) is 5.11 Å². The first-order chi connectivity index (χ1) is 9.84. The number of carbonyl (C=O) groups is 2. The number of nitrogens with zero attached hydrogens (tertiary/aromatic N) is 1. The van der Waals surface area contributed by atoms with Crippen LogP contribution in [0.25, 0.3) is 0 Å². The lowest BCUT2D eigenvalue weighted by Crippen LogP contribution is -2.44. The molecular formula is C14H15NO5S. The van der Waals surface area contributed by atoms with Gasteiger partial charge in [0.05, 0.1) is 11.1 Å². The lowest BCUT2D eigenvalue weighted by molar-refractivity contribution is 0.0694. The quantitative estimate of drug-likeness (QED) is 0.918. The summed E-state index contributed by atoms with van der Waals surface area (Å²) in [5, 5.41) is 8.97. The van der Waals surface area contributed by atoms with E-state index in [1.807, 2.05) is 0 Å². The van der Waals surface area contributed by atoms with E-state index in [1.165, 1.54) is 12.1 Å². The molecule has 0 spiro atoms. The van der Waals surface area contributed by atoms with Crippen molar-refractivity contribution < 1.29 is 23.1 Å². The lowest BCUT2D eigenvalue weighted by atomic mass is 9.80. The summed E-state index contributed by atoms with van der Waals surface area (Å²) in [5.41, 5.74) is -0.0746. The van der Waals surface area contributed by atoms with E-state index in [1.54, 1.807) is 6.92 Å². The van der Waals surface area contributed by atoms with Crippen LogP contribution in [-0.2, 0) is 10.0 Å². The Morgan fingerprint density at radius 1 is 1.38 bits per heavy atom. The first-order valence-electron chi connectivity index (χ1n) is 6.80. The molecule has 112 valence electrons. The number of fused-ring (bicyclic) bond motifs is 1. The maximum atomic E-state index is 12.6. The number of hydrogen-bond acceptors (Lipinski definition) is 4. The fraction of sp³-hybridized carbons (Fsp3) is 0.429. The predicted octanol–water partition coefficient (Wildman–Crippen LogP) is 1.72. The van der Waals surface area contributed by atoms with Crippen molar-refractivity contribution in [3.05, 3.63) is 29.3 Å². The van der Waals surface area contributed by atoms with Crippen LogP contribution in [0.3, 0.4) is 0 Å². The third-order valence-electron chi connectivity index (χ3n) is 4.40. The Morgan fingerprint density at radius 3 is 2.57 bits per heavy atom. The Morgan fingerprint density at radius 2 is 2.05 bits per heavy atom. The van der Waals surface area contributed by atoms with Gasteiger partial charge < -0.3 is 5.11 Å². The van der Waals surface area contributed by atoms with Crippen LogP contribution < -0.4 is 0 Å². The van der Waals surface area contributed by atoms with Crippen molar-refractivity contribution in [3.8, 4) is 0 Å². The van der Waals surface area contributed by atoms with Crippen molar-refractivity contribution in [1.29, 1.82) is 0 Å². The Hall–Kier alpha value is -1.89. The Labute approximate surface area is 122 Å². The second kappa shape index (κ2) is 4.56. The molecule has 1 saturated carbocycles. The summed E-state index contributed by atoms with van der Waals surface area (Å²) in [6.07, 6.45) is 2.88. The smallest absolute Gasteiger partial charge is 0.335 e. The SMILES string of the molecule is CC(C1CCC1)N1C(=O)c2ccc(C(=O)O)cc2S1(=O)=O. The van der Waals surface area contributed by atoms with E-state index in [0.29, 0.717) is 0 Å². The molecule has 0 bridgehead atoms. The molecule has 21 heavy (non-hydrogen) atoms. The van der Waals surface area contributed by atoms with E-state index in [9.17, 15) is 18.0 Å². The molecule has 1 atom stereocenters. The summed E-state index contributed by atoms with van der Waals surface area (Å²) in [7, 11) is -3.95. The summed E-state index contributed by atoms with van der Waals surface area (Å²) in [4.78, 5) is 23.2. The summed E-state index contributed by atoms with van der Waals surface area (Å²) in [6, 6.07) is 3.22. The van der Waals surface area contributed by atoms with Crippen molar-refractivity contribution in [3.63, 3.8) is 0 Å². The maximum Gasteiger partial charge on any atom is 0.335 e. The summed E-state index contributed by atoms with van der Waals surface area (Å²) in [5.74, 6) is -1.58. The van der Waals surface area contributed by atoms with Crippen LogP contribution in [0.4, 0.5) is 0 Å². The minimum Gasteiger partial charge on any atom is -0.478 e. The fourth-order valence-electron chi connectivity index (χ4n) is 2.90. The average Bonchev–Trinajstić information content (AvgIpc) is 2.54. The molecule has 1 unspecified atom stereocenters. The van der Waals surface area contributed by atoms with Gasteiger partial charge in [-0.1, -0.05) is 6.42 Å². The van der Waals surface area contributed by atoms with Gasteiger partial charge in [-0.25, -0.2) is 17.5 Å². The van der Waals surface area contributed by atoms with E-state index in [-0.39, 0.29) is 21.9 Å². The van der Waals surface area contributed by atoms with E-state index in [0.717, 1.165) is 29.6 Å². The van der Waals surface area contributed by atoms with Gasteiger partial charge in [0.1, 0.15) is 4.90 Å². The first-order valence-corrected chi connectivity index (χ1v) is 8.24. The zero-order valence-corrected chi connectivity index (χ0v) is 12.3. The molecule has 1 N–H and O–H groups in total. The van der Waals surface area contributed by atoms with Gasteiger partial charge in [-0.2, -0.15) is 0 Å². The van der Waals surface area contributed by atoms with Gasteiger partial charge in [0, 0.05) is 6.04 Å². The molecule has 7 heteroatoms. The van der Waals surface area contributed by atoms with E-state index < -0.39 is 27.9 Å². The number of benzene rings is 1. The van der Waals surface area contributed by atoms with Crippen LogP contribution in [0, 0.1) is 5.92 Å². The number of amides is 1. The number of aromatic carboxylic acids is 1. The third kappa shape index (κ3) is 1.95. The summed E-state index contributed by atoms with van der Waals surface area (Å²) in [6.45, 7) is 1.74.